The molecule has 5 aromatic rings. The van der Waals surface area contributed by atoms with Crippen LogP contribution < -0.4 is 10.5 Å². The van der Waals surface area contributed by atoms with Crippen molar-refractivity contribution in [3.63, 3.8) is 0 Å². The summed E-state index contributed by atoms with van der Waals surface area (Å²) in [5, 5.41) is 24.9. The van der Waals surface area contributed by atoms with Crippen molar-refractivity contribution in [3.05, 3.63) is 90.5 Å². The van der Waals surface area contributed by atoms with Crippen LogP contribution in [-0.2, 0) is 0 Å². The number of fused-ring (bicyclic) bond motifs is 3. The van der Waals surface area contributed by atoms with Crippen molar-refractivity contribution in [1.82, 2.24) is 0 Å². The monoisotopic (exact) mass is 460 g/mol. The molecule has 1 aliphatic rings. The lowest BCUT2D eigenvalue weighted by Crippen LogP contribution is -2.21. The lowest BCUT2D eigenvalue weighted by Gasteiger charge is -2.20. The SMILES string of the molecule is C[C@H]1COc2cc3ccc(-c4c(O)cccc4O)cc3cc2-c2cccc3cccc(c23)C(N)=N1. The van der Waals surface area contributed by atoms with Gasteiger partial charge in [-0.15, -0.1) is 0 Å². The second kappa shape index (κ2) is 8.06. The number of nitrogens with two attached hydrogens (primary N) is 1. The van der Waals surface area contributed by atoms with Gasteiger partial charge < -0.3 is 20.7 Å². The van der Waals surface area contributed by atoms with Gasteiger partial charge in [-0.2, -0.15) is 0 Å². The molecule has 1 aliphatic heterocycles. The number of aromatic hydroxyl groups is 2. The average Bonchev–Trinajstić information content (AvgIpc) is 2.85. The maximum absolute atomic E-state index is 10.4. The van der Waals surface area contributed by atoms with Crippen molar-refractivity contribution in [2.75, 3.05) is 6.61 Å². The molecule has 0 amide bonds. The first-order valence-electron chi connectivity index (χ1n) is 11.6. The van der Waals surface area contributed by atoms with Gasteiger partial charge in [0.25, 0.3) is 0 Å². The maximum Gasteiger partial charge on any atom is 0.127 e. The number of hydrogen-bond acceptors (Lipinski definition) is 5. The molecule has 6 rings (SSSR count). The molecular weight excluding hydrogens is 436 g/mol. The predicted molar refractivity (Wildman–Crippen MR) is 141 cm³/mol. The number of ether oxygens (including phenoxy) is 1. The number of phenols is 2. The van der Waals surface area contributed by atoms with E-state index in [1.807, 2.05) is 49.4 Å². The molecule has 0 aromatic heterocycles. The summed E-state index contributed by atoms with van der Waals surface area (Å²) in [7, 11) is 0. The van der Waals surface area contributed by atoms with Crippen molar-refractivity contribution in [2.24, 2.45) is 10.7 Å². The van der Waals surface area contributed by atoms with Gasteiger partial charge in [0.15, 0.2) is 0 Å². The molecule has 5 aromatic carbocycles. The molecule has 0 aliphatic carbocycles. The summed E-state index contributed by atoms with van der Waals surface area (Å²) < 4.78 is 6.29. The molecule has 35 heavy (non-hydrogen) atoms. The zero-order valence-corrected chi connectivity index (χ0v) is 19.2. The number of amidine groups is 1. The maximum atomic E-state index is 10.4. The fourth-order valence-electron chi connectivity index (χ4n) is 4.92. The molecule has 5 heteroatoms. The molecule has 1 atom stereocenters. The van der Waals surface area contributed by atoms with Crippen LogP contribution >= 0.6 is 0 Å². The third-order valence-corrected chi connectivity index (χ3v) is 6.56. The first kappa shape index (κ1) is 21.1. The van der Waals surface area contributed by atoms with Crippen molar-refractivity contribution >= 4 is 27.4 Å². The highest BCUT2D eigenvalue weighted by Gasteiger charge is 2.19. The van der Waals surface area contributed by atoms with Crippen molar-refractivity contribution in [3.8, 4) is 39.5 Å². The molecule has 0 spiro atoms. The Balaban J connectivity index is 1.65. The predicted octanol–water partition coefficient (Wildman–Crippen LogP) is 6.22. The van der Waals surface area contributed by atoms with E-state index in [4.69, 9.17) is 10.5 Å². The molecule has 0 bridgehead atoms. The minimum Gasteiger partial charge on any atom is -0.507 e. The van der Waals surface area contributed by atoms with E-state index in [2.05, 4.69) is 29.3 Å². The van der Waals surface area contributed by atoms with Crippen LogP contribution in [0.3, 0.4) is 0 Å². The largest absolute Gasteiger partial charge is 0.507 e. The molecule has 1 heterocycles. The molecule has 0 radical (unpaired) electrons. The summed E-state index contributed by atoms with van der Waals surface area (Å²) in [4.78, 5) is 4.68. The van der Waals surface area contributed by atoms with Crippen LogP contribution in [0.4, 0.5) is 0 Å². The van der Waals surface area contributed by atoms with Crippen molar-refractivity contribution in [1.29, 1.82) is 0 Å². The molecule has 0 unspecified atom stereocenters. The van der Waals surface area contributed by atoms with Gasteiger partial charge in [-0.25, -0.2) is 0 Å². The molecular formula is C30H24N2O3. The minimum absolute atomic E-state index is 0.0362. The highest BCUT2D eigenvalue weighted by atomic mass is 16.5. The summed E-state index contributed by atoms with van der Waals surface area (Å²) in [6.45, 7) is 2.40. The van der Waals surface area contributed by atoms with E-state index in [1.54, 1.807) is 18.2 Å². The smallest absolute Gasteiger partial charge is 0.127 e. The first-order chi connectivity index (χ1) is 17.0. The number of benzene rings is 5. The fourth-order valence-corrected chi connectivity index (χ4v) is 4.92. The quantitative estimate of drug-likeness (QED) is 0.277. The molecule has 5 nitrogen and oxygen atoms in total. The van der Waals surface area contributed by atoms with Gasteiger partial charge >= 0.3 is 0 Å². The fraction of sp³-hybridized carbons (Fsp3) is 0.100. The van der Waals surface area contributed by atoms with E-state index < -0.39 is 0 Å². The third kappa shape index (κ3) is 3.53. The Kier molecular flexibility index (Phi) is 4.85. The average molecular weight is 461 g/mol. The van der Waals surface area contributed by atoms with Crippen LogP contribution in [0.2, 0.25) is 0 Å². The van der Waals surface area contributed by atoms with Crippen molar-refractivity contribution in [2.45, 2.75) is 13.0 Å². The number of phenolic OH excluding ortho intramolecular Hbond substituents is 2. The Morgan fingerprint density at radius 1 is 0.771 bits per heavy atom. The second-order valence-corrected chi connectivity index (χ2v) is 8.97. The highest BCUT2D eigenvalue weighted by Crippen LogP contribution is 2.42. The van der Waals surface area contributed by atoms with Crippen LogP contribution in [-0.4, -0.2) is 28.7 Å². The summed E-state index contributed by atoms with van der Waals surface area (Å²) in [5.74, 6) is 1.35. The Bertz CT molecular complexity index is 1630. The van der Waals surface area contributed by atoms with Crippen LogP contribution in [0.25, 0.3) is 43.8 Å². The van der Waals surface area contributed by atoms with E-state index in [9.17, 15) is 10.2 Å². The van der Waals surface area contributed by atoms with Gasteiger partial charge in [-0.05, 0) is 64.5 Å². The lowest BCUT2D eigenvalue weighted by molar-refractivity contribution is 0.298. The van der Waals surface area contributed by atoms with E-state index in [0.717, 1.165) is 49.5 Å². The Morgan fingerprint density at radius 2 is 1.49 bits per heavy atom. The summed E-state index contributed by atoms with van der Waals surface area (Å²) >= 11 is 0. The van der Waals surface area contributed by atoms with Crippen LogP contribution in [0.1, 0.15) is 12.5 Å². The topological polar surface area (TPSA) is 88.1 Å². The lowest BCUT2D eigenvalue weighted by atomic mass is 9.91. The number of rotatable bonds is 1. The van der Waals surface area contributed by atoms with Gasteiger partial charge in [-0.3, -0.25) is 4.99 Å². The molecule has 172 valence electrons. The van der Waals surface area contributed by atoms with E-state index in [1.165, 1.54) is 0 Å². The summed E-state index contributed by atoms with van der Waals surface area (Å²) in [5.41, 5.74) is 10.5. The molecule has 0 saturated carbocycles. The van der Waals surface area contributed by atoms with Crippen LogP contribution in [0.15, 0.2) is 89.9 Å². The third-order valence-electron chi connectivity index (χ3n) is 6.56. The second-order valence-electron chi connectivity index (χ2n) is 8.97. The standard InChI is InChI=1S/C30H24N2O3/c1-17-16-35-27-15-19-11-12-20(29-25(33)9-4-10-26(29)34)13-21(19)14-24(27)22-7-2-5-18-6-3-8-23(28(18)22)30(31)32-17/h2-15,17,33-34H,16H2,1H3,(H2,31,32)/t17-/m0/s1. The molecule has 0 fully saturated rings. The van der Waals surface area contributed by atoms with Crippen LogP contribution in [0, 0.1) is 0 Å². The zero-order valence-electron chi connectivity index (χ0n) is 19.2. The Labute approximate surface area is 202 Å². The number of hydrogen-bond donors (Lipinski definition) is 3. The van der Waals surface area contributed by atoms with E-state index in [-0.39, 0.29) is 17.5 Å². The zero-order chi connectivity index (χ0) is 24.1. The van der Waals surface area contributed by atoms with E-state index in [0.29, 0.717) is 18.0 Å². The highest BCUT2D eigenvalue weighted by molar-refractivity contribution is 6.14. The normalized spacial score (nSPS) is 15.3. The molecule has 4 N–H and O–H groups in total. The number of aliphatic imine (C=N–C) groups is 1. The first-order valence-corrected chi connectivity index (χ1v) is 11.6. The summed E-state index contributed by atoms with van der Waals surface area (Å²) in [6.07, 6.45) is 0. The Morgan fingerprint density at radius 3 is 2.26 bits per heavy atom. The van der Waals surface area contributed by atoms with Gasteiger partial charge in [0.05, 0.1) is 11.6 Å². The molecule has 0 saturated heterocycles. The van der Waals surface area contributed by atoms with Crippen LogP contribution in [0.5, 0.6) is 17.2 Å². The van der Waals surface area contributed by atoms with Gasteiger partial charge in [0, 0.05) is 16.5 Å². The Hall–Kier alpha value is -4.51. The van der Waals surface area contributed by atoms with Gasteiger partial charge in [0.2, 0.25) is 0 Å². The summed E-state index contributed by atoms with van der Waals surface area (Å²) in [6, 6.07) is 27.0. The van der Waals surface area contributed by atoms with Gasteiger partial charge in [0.1, 0.15) is 29.7 Å². The van der Waals surface area contributed by atoms with Crippen molar-refractivity contribution < 1.29 is 14.9 Å². The number of nitrogens with zero attached hydrogens (tertiary/aromatic N) is 1. The van der Waals surface area contributed by atoms with Gasteiger partial charge in [-0.1, -0.05) is 54.6 Å². The van der Waals surface area contributed by atoms with E-state index >= 15 is 0 Å². The minimum atomic E-state index is -0.106.